The summed E-state index contributed by atoms with van der Waals surface area (Å²) in [5.41, 5.74) is 6.51. The SMILES string of the molecule is Cc1ncccc1NC(=O)C(C)(C)CN. The van der Waals surface area contributed by atoms with Gasteiger partial charge in [-0.2, -0.15) is 0 Å². The Morgan fingerprint density at radius 2 is 2.27 bits per heavy atom. The molecule has 0 spiro atoms. The smallest absolute Gasteiger partial charge is 0.231 e. The number of pyridine rings is 1. The van der Waals surface area contributed by atoms with Crippen LogP contribution in [0.4, 0.5) is 5.69 Å². The number of anilines is 1. The molecule has 0 aliphatic rings. The van der Waals surface area contributed by atoms with Gasteiger partial charge in [0.25, 0.3) is 0 Å². The van der Waals surface area contributed by atoms with Crippen molar-refractivity contribution in [2.45, 2.75) is 20.8 Å². The molecular weight excluding hydrogens is 190 g/mol. The molecule has 0 fully saturated rings. The normalized spacial score (nSPS) is 11.2. The second kappa shape index (κ2) is 4.40. The third-order valence-electron chi connectivity index (χ3n) is 2.38. The summed E-state index contributed by atoms with van der Waals surface area (Å²) >= 11 is 0. The molecule has 0 bridgehead atoms. The summed E-state index contributed by atoms with van der Waals surface area (Å²) in [5.74, 6) is -0.0823. The highest BCUT2D eigenvalue weighted by Gasteiger charge is 2.25. The van der Waals surface area contributed by atoms with Crippen molar-refractivity contribution >= 4 is 11.6 Å². The van der Waals surface area contributed by atoms with Gasteiger partial charge in [-0.05, 0) is 32.9 Å². The molecule has 0 radical (unpaired) electrons. The topological polar surface area (TPSA) is 68.0 Å². The van der Waals surface area contributed by atoms with Crippen LogP contribution in [-0.2, 0) is 4.79 Å². The molecule has 1 aromatic rings. The Bertz CT molecular complexity index is 361. The van der Waals surface area contributed by atoms with Crippen molar-refractivity contribution in [1.29, 1.82) is 0 Å². The van der Waals surface area contributed by atoms with E-state index in [0.717, 1.165) is 11.4 Å². The molecule has 0 saturated heterocycles. The average Bonchev–Trinajstić information content (AvgIpc) is 2.21. The molecule has 0 aliphatic heterocycles. The number of nitrogens with zero attached hydrogens (tertiary/aromatic N) is 1. The molecule has 0 aliphatic carbocycles. The van der Waals surface area contributed by atoms with Crippen LogP contribution in [0.2, 0.25) is 0 Å². The molecule has 3 N–H and O–H groups in total. The second-order valence-corrected chi connectivity index (χ2v) is 4.18. The molecule has 0 saturated carbocycles. The van der Waals surface area contributed by atoms with Crippen LogP contribution in [-0.4, -0.2) is 17.4 Å². The molecule has 4 nitrogen and oxygen atoms in total. The van der Waals surface area contributed by atoms with Crippen LogP contribution in [0.5, 0.6) is 0 Å². The Hall–Kier alpha value is -1.42. The lowest BCUT2D eigenvalue weighted by Crippen LogP contribution is -2.37. The molecule has 82 valence electrons. The fourth-order valence-electron chi connectivity index (χ4n) is 1.00. The van der Waals surface area contributed by atoms with Crippen LogP contribution >= 0.6 is 0 Å². The van der Waals surface area contributed by atoms with Crippen molar-refractivity contribution in [1.82, 2.24) is 4.98 Å². The Kier molecular flexibility index (Phi) is 3.42. The number of amides is 1. The Balaban J connectivity index is 2.80. The summed E-state index contributed by atoms with van der Waals surface area (Å²) in [6.45, 7) is 5.80. The molecule has 0 atom stereocenters. The number of nitrogens with one attached hydrogen (secondary N) is 1. The molecular formula is C11H17N3O. The first kappa shape index (κ1) is 11.7. The van der Waals surface area contributed by atoms with E-state index in [1.807, 2.05) is 26.8 Å². The summed E-state index contributed by atoms with van der Waals surface area (Å²) in [4.78, 5) is 15.9. The predicted molar refractivity (Wildman–Crippen MR) is 60.4 cm³/mol. The maximum atomic E-state index is 11.8. The van der Waals surface area contributed by atoms with Crippen LogP contribution in [0.25, 0.3) is 0 Å². The predicted octanol–water partition coefficient (Wildman–Crippen LogP) is 1.31. The van der Waals surface area contributed by atoms with Gasteiger partial charge in [0.15, 0.2) is 0 Å². The Morgan fingerprint density at radius 1 is 1.60 bits per heavy atom. The van der Waals surface area contributed by atoms with E-state index in [9.17, 15) is 4.79 Å². The lowest BCUT2D eigenvalue weighted by molar-refractivity contribution is -0.123. The lowest BCUT2D eigenvalue weighted by atomic mass is 9.92. The van der Waals surface area contributed by atoms with Crippen molar-refractivity contribution in [3.8, 4) is 0 Å². The fraction of sp³-hybridized carbons (Fsp3) is 0.455. The van der Waals surface area contributed by atoms with E-state index in [2.05, 4.69) is 10.3 Å². The van der Waals surface area contributed by atoms with Gasteiger partial charge in [0.1, 0.15) is 0 Å². The third-order valence-corrected chi connectivity index (χ3v) is 2.38. The summed E-state index contributed by atoms with van der Waals surface area (Å²) in [6.07, 6.45) is 1.69. The van der Waals surface area contributed by atoms with E-state index >= 15 is 0 Å². The zero-order chi connectivity index (χ0) is 11.5. The maximum absolute atomic E-state index is 11.8. The first-order valence-corrected chi connectivity index (χ1v) is 4.90. The zero-order valence-electron chi connectivity index (χ0n) is 9.37. The van der Waals surface area contributed by atoms with Gasteiger partial charge < -0.3 is 11.1 Å². The van der Waals surface area contributed by atoms with Crippen LogP contribution < -0.4 is 11.1 Å². The van der Waals surface area contributed by atoms with Gasteiger partial charge in [-0.15, -0.1) is 0 Å². The molecule has 1 rings (SSSR count). The van der Waals surface area contributed by atoms with Gasteiger partial charge in [-0.1, -0.05) is 0 Å². The molecule has 1 aromatic heterocycles. The molecule has 1 heterocycles. The van der Waals surface area contributed by atoms with Crippen molar-refractivity contribution < 1.29 is 4.79 Å². The standard InChI is InChI=1S/C11H17N3O/c1-8-9(5-4-6-13-8)14-10(15)11(2,3)7-12/h4-6H,7,12H2,1-3H3,(H,14,15). The first-order chi connectivity index (χ1) is 6.97. The van der Waals surface area contributed by atoms with E-state index in [1.54, 1.807) is 12.3 Å². The van der Waals surface area contributed by atoms with Crippen LogP contribution in [0.15, 0.2) is 18.3 Å². The maximum Gasteiger partial charge on any atom is 0.231 e. The molecule has 0 aromatic carbocycles. The minimum atomic E-state index is -0.553. The Labute approximate surface area is 89.9 Å². The summed E-state index contributed by atoms with van der Waals surface area (Å²) in [7, 11) is 0. The summed E-state index contributed by atoms with van der Waals surface area (Å²) in [5, 5.41) is 2.82. The number of aromatic nitrogens is 1. The number of hydrogen-bond donors (Lipinski definition) is 2. The number of carbonyl (C=O) groups is 1. The number of hydrogen-bond acceptors (Lipinski definition) is 3. The Morgan fingerprint density at radius 3 is 2.80 bits per heavy atom. The van der Waals surface area contributed by atoms with E-state index in [4.69, 9.17) is 5.73 Å². The molecule has 4 heteroatoms. The number of aryl methyl sites for hydroxylation is 1. The highest BCUT2D eigenvalue weighted by Crippen LogP contribution is 2.18. The van der Waals surface area contributed by atoms with Crippen molar-refractivity contribution in [2.75, 3.05) is 11.9 Å². The van der Waals surface area contributed by atoms with E-state index in [0.29, 0.717) is 6.54 Å². The van der Waals surface area contributed by atoms with Crippen molar-refractivity contribution in [3.63, 3.8) is 0 Å². The third kappa shape index (κ3) is 2.76. The summed E-state index contributed by atoms with van der Waals surface area (Å²) < 4.78 is 0. The van der Waals surface area contributed by atoms with Gasteiger partial charge in [0.2, 0.25) is 5.91 Å². The highest BCUT2D eigenvalue weighted by molar-refractivity contribution is 5.95. The molecule has 1 amide bonds. The number of nitrogens with two attached hydrogens (primary N) is 1. The number of rotatable bonds is 3. The van der Waals surface area contributed by atoms with E-state index in [-0.39, 0.29) is 5.91 Å². The van der Waals surface area contributed by atoms with Gasteiger partial charge in [0.05, 0.1) is 16.8 Å². The van der Waals surface area contributed by atoms with Gasteiger partial charge in [-0.25, -0.2) is 0 Å². The van der Waals surface area contributed by atoms with Gasteiger partial charge >= 0.3 is 0 Å². The molecule has 15 heavy (non-hydrogen) atoms. The minimum Gasteiger partial charge on any atom is -0.329 e. The van der Waals surface area contributed by atoms with Crippen LogP contribution in [0, 0.1) is 12.3 Å². The van der Waals surface area contributed by atoms with Crippen LogP contribution in [0.3, 0.4) is 0 Å². The van der Waals surface area contributed by atoms with Gasteiger partial charge in [0, 0.05) is 12.7 Å². The lowest BCUT2D eigenvalue weighted by Gasteiger charge is -2.21. The largest absolute Gasteiger partial charge is 0.329 e. The van der Waals surface area contributed by atoms with Crippen molar-refractivity contribution in [2.24, 2.45) is 11.1 Å². The van der Waals surface area contributed by atoms with Crippen molar-refractivity contribution in [3.05, 3.63) is 24.0 Å². The quantitative estimate of drug-likeness (QED) is 0.785. The average molecular weight is 207 g/mol. The monoisotopic (exact) mass is 207 g/mol. The van der Waals surface area contributed by atoms with E-state index in [1.165, 1.54) is 0 Å². The summed E-state index contributed by atoms with van der Waals surface area (Å²) in [6, 6.07) is 3.62. The van der Waals surface area contributed by atoms with E-state index < -0.39 is 5.41 Å². The zero-order valence-corrected chi connectivity index (χ0v) is 9.37. The van der Waals surface area contributed by atoms with Crippen LogP contribution in [0.1, 0.15) is 19.5 Å². The first-order valence-electron chi connectivity index (χ1n) is 4.90. The van der Waals surface area contributed by atoms with Gasteiger partial charge in [-0.3, -0.25) is 9.78 Å². The fourth-order valence-corrected chi connectivity index (χ4v) is 1.00. The second-order valence-electron chi connectivity index (χ2n) is 4.18. The molecule has 0 unspecified atom stereocenters. The highest BCUT2D eigenvalue weighted by atomic mass is 16.2. The minimum absolute atomic E-state index is 0.0823. The number of carbonyl (C=O) groups excluding carboxylic acids is 1.